The molecule has 5 heteroatoms. The summed E-state index contributed by atoms with van der Waals surface area (Å²) in [5, 5.41) is 6.51. The number of pyridine rings is 1. The van der Waals surface area contributed by atoms with Gasteiger partial charge in [-0.3, -0.25) is 4.98 Å². The molecule has 0 fully saturated rings. The Balaban J connectivity index is 1.91. The smallest absolute Gasteiger partial charge is 0.122 e. The van der Waals surface area contributed by atoms with Gasteiger partial charge in [-0.05, 0) is 13.8 Å². The van der Waals surface area contributed by atoms with E-state index in [4.69, 9.17) is 4.74 Å². The summed E-state index contributed by atoms with van der Waals surface area (Å²) in [6.07, 6.45) is 0. The van der Waals surface area contributed by atoms with E-state index in [0.29, 0.717) is 6.54 Å². The molecule has 0 aliphatic heterocycles. The molecule has 2 aromatic heterocycles. The number of aryl methyl sites for hydroxylation is 2. The summed E-state index contributed by atoms with van der Waals surface area (Å²) in [6, 6.07) is 3.87. The SMILES string of the molecule is COc1cc(C)nc(CNCc2csc(C)n2)c1. The molecule has 4 nitrogen and oxygen atoms in total. The normalized spacial score (nSPS) is 10.6. The van der Waals surface area contributed by atoms with Gasteiger partial charge in [0.25, 0.3) is 0 Å². The molecular formula is C13H17N3OS. The van der Waals surface area contributed by atoms with Crippen LogP contribution in [0.4, 0.5) is 0 Å². The zero-order valence-corrected chi connectivity index (χ0v) is 11.7. The molecule has 0 unspecified atom stereocenters. The van der Waals surface area contributed by atoms with E-state index in [0.717, 1.165) is 34.4 Å². The second kappa shape index (κ2) is 5.93. The third kappa shape index (κ3) is 3.51. The van der Waals surface area contributed by atoms with Gasteiger partial charge in [-0.15, -0.1) is 11.3 Å². The van der Waals surface area contributed by atoms with Gasteiger partial charge in [0.1, 0.15) is 5.75 Å². The average molecular weight is 263 g/mol. The van der Waals surface area contributed by atoms with Gasteiger partial charge in [-0.1, -0.05) is 0 Å². The van der Waals surface area contributed by atoms with Crippen molar-refractivity contribution in [1.82, 2.24) is 15.3 Å². The Labute approximate surface area is 111 Å². The Bertz CT molecular complexity index is 525. The van der Waals surface area contributed by atoms with Crippen LogP contribution in [0.25, 0.3) is 0 Å². The molecule has 2 heterocycles. The lowest BCUT2D eigenvalue weighted by atomic mass is 10.3. The minimum atomic E-state index is 0.717. The molecule has 96 valence electrons. The molecule has 0 bridgehead atoms. The molecule has 0 aliphatic carbocycles. The topological polar surface area (TPSA) is 47.0 Å². The molecule has 2 rings (SSSR count). The first-order valence-electron chi connectivity index (χ1n) is 5.80. The number of nitrogens with zero attached hydrogens (tertiary/aromatic N) is 2. The van der Waals surface area contributed by atoms with Crippen LogP contribution in [0.5, 0.6) is 5.75 Å². The molecule has 0 saturated heterocycles. The third-order valence-electron chi connectivity index (χ3n) is 2.49. The van der Waals surface area contributed by atoms with Crippen LogP contribution in [-0.2, 0) is 13.1 Å². The van der Waals surface area contributed by atoms with Crippen molar-refractivity contribution in [3.05, 3.63) is 39.6 Å². The van der Waals surface area contributed by atoms with Gasteiger partial charge < -0.3 is 10.1 Å². The molecule has 0 aliphatic rings. The summed E-state index contributed by atoms with van der Waals surface area (Å²) in [6.45, 7) is 5.47. The van der Waals surface area contributed by atoms with Crippen LogP contribution in [-0.4, -0.2) is 17.1 Å². The van der Waals surface area contributed by atoms with Gasteiger partial charge in [0.05, 0.1) is 23.5 Å². The van der Waals surface area contributed by atoms with Gasteiger partial charge in [0.2, 0.25) is 0 Å². The average Bonchev–Trinajstić information content (AvgIpc) is 2.74. The van der Waals surface area contributed by atoms with Crippen LogP contribution in [0.15, 0.2) is 17.5 Å². The van der Waals surface area contributed by atoms with Crippen molar-refractivity contribution < 1.29 is 4.74 Å². The lowest BCUT2D eigenvalue weighted by molar-refractivity contribution is 0.412. The third-order valence-corrected chi connectivity index (χ3v) is 3.32. The fourth-order valence-electron chi connectivity index (χ4n) is 1.72. The number of methoxy groups -OCH3 is 1. The Morgan fingerprint density at radius 1 is 1.17 bits per heavy atom. The molecule has 18 heavy (non-hydrogen) atoms. The van der Waals surface area contributed by atoms with E-state index in [1.54, 1.807) is 18.4 Å². The summed E-state index contributed by atoms with van der Waals surface area (Å²) in [5.41, 5.74) is 3.03. The number of hydrogen-bond acceptors (Lipinski definition) is 5. The minimum Gasteiger partial charge on any atom is -0.497 e. The Kier molecular flexibility index (Phi) is 4.28. The van der Waals surface area contributed by atoms with Crippen LogP contribution >= 0.6 is 11.3 Å². The first-order valence-corrected chi connectivity index (χ1v) is 6.68. The highest BCUT2D eigenvalue weighted by Crippen LogP contribution is 2.13. The van der Waals surface area contributed by atoms with Gasteiger partial charge in [0, 0.05) is 36.3 Å². The number of nitrogens with one attached hydrogen (secondary N) is 1. The van der Waals surface area contributed by atoms with Crippen LogP contribution in [0.2, 0.25) is 0 Å². The lowest BCUT2D eigenvalue weighted by Gasteiger charge is -2.06. The van der Waals surface area contributed by atoms with Crippen molar-refractivity contribution in [3.8, 4) is 5.75 Å². The standard InChI is InChI=1S/C13H17N3OS/c1-9-4-13(17-3)5-11(15-9)6-14-7-12-8-18-10(2)16-12/h4-5,8,14H,6-7H2,1-3H3. The fraction of sp³-hybridized carbons (Fsp3) is 0.385. The monoisotopic (exact) mass is 263 g/mol. The maximum absolute atomic E-state index is 5.23. The molecule has 0 atom stereocenters. The van der Waals surface area contributed by atoms with Crippen molar-refractivity contribution in [2.75, 3.05) is 7.11 Å². The number of ether oxygens (including phenoxy) is 1. The first-order chi connectivity index (χ1) is 8.67. The van der Waals surface area contributed by atoms with E-state index >= 15 is 0 Å². The number of thiazole rings is 1. The van der Waals surface area contributed by atoms with Crippen molar-refractivity contribution in [3.63, 3.8) is 0 Å². The maximum Gasteiger partial charge on any atom is 0.122 e. The first kappa shape index (κ1) is 13.0. The number of rotatable bonds is 5. The van der Waals surface area contributed by atoms with E-state index in [9.17, 15) is 0 Å². The number of hydrogen-bond donors (Lipinski definition) is 1. The van der Waals surface area contributed by atoms with E-state index in [1.165, 1.54) is 0 Å². The summed E-state index contributed by atoms with van der Waals surface area (Å²) in [4.78, 5) is 8.86. The Hall–Kier alpha value is -1.46. The molecule has 0 aromatic carbocycles. The van der Waals surface area contributed by atoms with Gasteiger partial charge in [0.15, 0.2) is 0 Å². The van der Waals surface area contributed by atoms with Gasteiger partial charge in [-0.25, -0.2) is 4.98 Å². The van der Waals surface area contributed by atoms with Crippen molar-refractivity contribution >= 4 is 11.3 Å². The zero-order valence-electron chi connectivity index (χ0n) is 10.9. The molecule has 0 saturated carbocycles. The predicted octanol–water partition coefficient (Wildman–Crippen LogP) is 2.45. The van der Waals surface area contributed by atoms with Crippen molar-refractivity contribution in [1.29, 1.82) is 0 Å². The van der Waals surface area contributed by atoms with E-state index in [-0.39, 0.29) is 0 Å². The van der Waals surface area contributed by atoms with Crippen LogP contribution in [0.1, 0.15) is 22.1 Å². The van der Waals surface area contributed by atoms with Crippen LogP contribution < -0.4 is 10.1 Å². The van der Waals surface area contributed by atoms with Crippen LogP contribution in [0.3, 0.4) is 0 Å². The molecule has 2 aromatic rings. The molecule has 1 N–H and O–H groups in total. The quantitative estimate of drug-likeness (QED) is 0.900. The minimum absolute atomic E-state index is 0.717. The summed E-state index contributed by atoms with van der Waals surface area (Å²) in [5.74, 6) is 0.851. The van der Waals surface area contributed by atoms with Gasteiger partial charge in [-0.2, -0.15) is 0 Å². The Morgan fingerprint density at radius 3 is 2.61 bits per heavy atom. The zero-order chi connectivity index (χ0) is 13.0. The van der Waals surface area contributed by atoms with Crippen LogP contribution in [0, 0.1) is 13.8 Å². The highest BCUT2D eigenvalue weighted by atomic mass is 32.1. The second-order valence-corrected chi connectivity index (χ2v) is 5.16. The van der Waals surface area contributed by atoms with Crippen molar-refractivity contribution in [2.24, 2.45) is 0 Å². The highest BCUT2D eigenvalue weighted by molar-refractivity contribution is 7.09. The molecule has 0 amide bonds. The molecule has 0 radical (unpaired) electrons. The van der Waals surface area contributed by atoms with E-state index in [1.807, 2.05) is 26.0 Å². The van der Waals surface area contributed by atoms with E-state index < -0.39 is 0 Å². The largest absolute Gasteiger partial charge is 0.497 e. The van der Waals surface area contributed by atoms with E-state index in [2.05, 4.69) is 20.7 Å². The summed E-state index contributed by atoms with van der Waals surface area (Å²) in [7, 11) is 1.67. The highest BCUT2D eigenvalue weighted by Gasteiger charge is 2.02. The predicted molar refractivity (Wildman–Crippen MR) is 72.9 cm³/mol. The fourth-order valence-corrected chi connectivity index (χ4v) is 2.33. The van der Waals surface area contributed by atoms with Crippen molar-refractivity contribution in [2.45, 2.75) is 26.9 Å². The number of aromatic nitrogens is 2. The summed E-state index contributed by atoms with van der Waals surface area (Å²) >= 11 is 1.67. The Morgan fingerprint density at radius 2 is 1.94 bits per heavy atom. The second-order valence-electron chi connectivity index (χ2n) is 4.10. The molecular weight excluding hydrogens is 246 g/mol. The summed E-state index contributed by atoms with van der Waals surface area (Å²) < 4.78 is 5.23. The lowest BCUT2D eigenvalue weighted by Crippen LogP contribution is -2.14. The molecule has 0 spiro atoms. The van der Waals surface area contributed by atoms with Gasteiger partial charge >= 0.3 is 0 Å². The maximum atomic E-state index is 5.23.